The lowest BCUT2D eigenvalue weighted by atomic mass is 10.1. The summed E-state index contributed by atoms with van der Waals surface area (Å²) in [6.45, 7) is 0.122. The van der Waals surface area contributed by atoms with Crippen LogP contribution in [0, 0.1) is 5.21 Å². The van der Waals surface area contributed by atoms with Crippen LogP contribution in [0.2, 0.25) is 0 Å². The molecule has 1 aliphatic heterocycles. The molecule has 0 aromatic heterocycles. The number of hydrogen-bond acceptors (Lipinski definition) is 7. The molecule has 24 heavy (non-hydrogen) atoms. The molecule has 130 valence electrons. The van der Waals surface area contributed by atoms with Crippen LogP contribution < -0.4 is 5.23 Å². The van der Waals surface area contributed by atoms with Crippen LogP contribution >= 0.6 is 0 Å². The van der Waals surface area contributed by atoms with E-state index >= 15 is 0 Å². The molecule has 1 saturated heterocycles. The van der Waals surface area contributed by atoms with E-state index in [0.29, 0.717) is 6.42 Å². The van der Waals surface area contributed by atoms with Crippen molar-refractivity contribution in [2.45, 2.75) is 25.0 Å². The van der Waals surface area contributed by atoms with Crippen molar-refractivity contribution in [3.05, 3.63) is 35.0 Å². The number of nitrogens with zero attached hydrogens (tertiary/aromatic N) is 2. The summed E-state index contributed by atoms with van der Waals surface area (Å²) >= 11 is 0. The molecule has 1 aliphatic rings. The third-order valence-electron chi connectivity index (χ3n) is 3.64. The molecule has 1 amide bonds. The molecule has 3 N–H and O–H groups in total. The van der Waals surface area contributed by atoms with E-state index in [4.69, 9.17) is 15.1 Å². The quantitative estimate of drug-likeness (QED) is 0.672. The molecule has 2 rings (SSSR count). The summed E-state index contributed by atoms with van der Waals surface area (Å²) in [6.07, 6.45) is -2.29. The third-order valence-corrected chi connectivity index (χ3v) is 3.64. The summed E-state index contributed by atoms with van der Waals surface area (Å²) in [5, 5.41) is 38.0. The van der Waals surface area contributed by atoms with Gasteiger partial charge in [-0.1, -0.05) is 18.2 Å². The van der Waals surface area contributed by atoms with Crippen LogP contribution in [0.1, 0.15) is 24.5 Å². The van der Waals surface area contributed by atoms with Crippen LogP contribution in [0.4, 0.5) is 10.5 Å². The summed E-state index contributed by atoms with van der Waals surface area (Å²) in [7, 11) is 0. The molecule has 1 unspecified atom stereocenters. The van der Waals surface area contributed by atoms with E-state index < -0.39 is 41.1 Å². The Hall–Kier alpha value is -2.85. The number of para-hydroxylation sites is 1. The second-order valence-electron chi connectivity index (χ2n) is 5.12. The van der Waals surface area contributed by atoms with Gasteiger partial charge in [-0.25, -0.2) is 14.4 Å². The van der Waals surface area contributed by atoms with E-state index in [1.54, 1.807) is 0 Å². The Morgan fingerprint density at radius 3 is 2.54 bits per heavy atom. The second kappa shape index (κ2) is 7.15. The van der Waals surface area contributed by atoms with Gasteiger partial charge in [0.25, 0.3) is 0 Å². The number of carboxylic acid groups (broad SMARTS) is 2. The average molecular weight is 339 g/mol. The summed E-state index contributed by atoms with van der Waals surface area (Å²) in [5.41, 5.74) is -0.629. The van der Waals surface area contributed by atoms with Crippen LogP contribution in [-0.2, 0) is 14.3 Å². The monoisotopic (exact) mass is 339 g/mol. The van der Waals surface area contributed by atoms with Gasteiger partial charge in [-0.05, 0) is 18.9 Å². The zero-order valence-electron chi connectivity index (χ0n) is 12.4. The first-order valence-electron chi connectivity index (χ1n) is 7.01. The van der Waals surface area contributed by atoms with E-state index in [0.717, 1.165) is 11.0 Å². The highest BCUT2D eigenvalue weighted by Gasteiger charge is 2.37. The predicted octanol–water partition coefficient (Wildman–Crippen LogP) is 1.19. The molecule has 1 fully saturated rings. The minimum atomic E-state index is -1.87. The molecule has 0 spiro atoms. The Bertz CT molecular complexity index is 647. The molecule has 10 nitrogen and oxygen atoms in total. The van der Waals surface area contributed by atoms with Crippen molar-refractivity contribution in [2.75, 3.05) is 11.8 Å². The normalized spacial score (nSPS) is 18.1. The molecular formula is C14H15N2O8-. The lowest BCUT2D eigenvalue weighted by molar-refractivity contribution is -0.148. The number of benzene rings is 1. The number of rotatable bonds is 5. The van der Waals surface area contributed by atoms with Crippen LogP contribution in [0.5, 0.6) is 0 Å². The third kappa shape index (κ3) is 3.55. The van der Waals surface area contributed by atoms with E-state index in [1.165, 1.54) is 18.2 Å². The van der Waals surface area contributed by atoms with Gasteiger partial charge in [0.1, 0.15) is 6.04 Å². The lowest BCUT2D eigenvalue weighted by Gasteiger charge is -2.28. The number of amides is 1. The fourth-order valence-corrected chi connectivity index (χ4v) is 2.54. The second-order valence-corrected chi connectivity index (χ2v) is 5.12. The highest BCUT2D eigenvalue weighted by atomic mass is 16.8. The van der Waals surface area contributed by atoms with E-state index in [9.17, 15) is 24.7 Å². The van der Waals surface area contributed by atoms with Crippen molar-refractivity contribution in [1.29, 1.82) is 0 Å². The standard InChI is InChI=1S/C14H15N2O8/c17-12(18)10-6-3-7-15(10)14(21)24-11(13(19)20)8-4-1-2-5-9(8)16(22)23/h1-2,4-5,10-11,22H,3,6-7H2,(H,17,18)(H,19,20)/q-1/t10-,11?/m1/s1. The maximum atomic E-state index is 12.2. The minimum absolute atomic E-state index is 0.122. The highest BCUT2D eigenvalue weighted by molar-refractivity contribution is 5.84. The fraction of sp³-hybridized carbons (Fsp3) is 0.357. The van der Waals surface area contributed by atoms with Gasteiger partial charge in [-0.3, -0.25) is 10.1 Å². The fourth-order valence-electron chi connectivity index (χ4n) is 2.54. The van der Waals surface area contributed by atoms with Crippen molar-refractivity contribution in [3.63, 3.8) is 0 Å². The summed E-state index contributed by atoms with van der Waals surface area (Å²) in [4.78, 5) is 35.6. The van der Waals surface area contributed by atoms with Crippen LogP contribution in [0.15, 0.2) is 24.3 Å². The summed E-state index contributed by atoms with van der Waals surface area (Å²) < 4.78 is 4.90. The summed E-state index contributed by atoms with van der Waals surface area (Å²) in [5.74, 6) is -2.78. The van der Waals surface area contributed by atoms with Gasteiger partial charge in [0.15, 0.2) is 0 Å². The van der Waals surface area contributed by atoms with Gasteiger partial charge in [0.2, 0.25) is 6.10 Å². The van der Waals surface area contributed by atoms with Gasteiger partial charge in [-0.2, -0.15) is 0 Å². The highest BCUT2D eigenvalue weighted by Crippen LogP contribution is 2.29. The Morgan fingerprint density at radius 1 is 1.29 bits per heavy atom. The first-order chi connectivity index (χ1) is 11.3. The first kappa shape index (κ1) is 17.5. The zero-order valence-corrected chi connectivity index (χ0v) is 12.4. The van der Waals surface area contributed by atoms with Crippen molar-refractivity contribution >= 4 is 23.7 Å². The maximum Gasteiger partial charge on any atom is 0.411 e. The molecule has 1 aromatic rings. The SMILES string of the molecule is O=C(O)C(OC(=O)N1CCC[C@@H]1C(=O)O)c1ccccc1N([O-])O. The Labute approximate surface area is 136 Å². The van der Waals surface area contributed by atoms with Crippen LogP contribution in [0.3, 0.4) is 0 Å². The molecule has 1 heterocycles. The average Bonchev–Trinajstić information content (AvgIpc) is 3.02. The van der Waals surface area contributed by atoms with Crippen LogP contribution in [-0.4, -0.2) is 50.9 Å². The molecule has 10 heteroatoms. The van der Waals surface area contributed by atoms with Crippen molar-refractivity contribution < 1.29 is 34.5 Å². The van der Waals surface area contributed by atoms with E-state index in [-0.39, 0.29) is 18.5 Å². The topological polar surface area (TPSA) is 151 Å². The largest absolute Gasteiger partial charge is 0.733 e. The van der Waals surface area contributed by atoms with Gasteiger partial charge >= 0.3 is 18.0 Å². The Balaban J connectivity index is 2.25. The number of likely N-dealkylation sites (tertiary alicyclic amines) is 1. The molecule has 0 aliphatic carbocycles. The first-order valence-corrected chi connectivity index (χ1v) is 7.01. The number of carboxylic acids is 2. The van der Waals surface area contributed by atoms with Crippen molar-refractivity contribution in [3.8, 4) is 0 Å². The lowest BCUT2D eigenvalue weighted by Crippen LogP contribution is -2.41. The number of anilines is 1. The molecule has 2 atom stereocenters. The smallest absolute Gasteiger partial charge is 0.411 e. The van der Waals surface area contributed by atoms with Gasteiger partial charge in [-0.15, -0.1) is 0 Å². The zero-order chi connectivity index (χ0) is 17.9. The van der Waals surface area contributed by atoms with E-state index in [2.05, 4.69) is 0 Å². The van der Waals surface area contributed by atoms with Crippen molar-refractivity contribution in [2.24, 2.45) is 0 Å². The Morgan fingerprint density at radius 2 is 1.96 bits per heavy atom. The summed E-state index contributed by atoms with van der Waals surface area (Å²) in [6, 6.07) is 4.07. The van der Waals surface area contributed by atoms with Gasteiger partial charge < -0.3 is 25.4 Å². The minimum Gasteiger partial charge on any atom is -0.733 e. The molecular weight excluding hydrogens is 324 g/mol. The predicted molar refractivity (Wildman–Crippen MR) is 78.3 cm³/mol. The van der Waals surface area contributed by atoms with Gasteiger partial charge in [0, 0.05) is 12.1 Å². The Kier molecular flexibility index (Phi) is 5.21. The number of ether oxygens (including phenoxy) is 1. The molecule has 1 aromatic carbocycles. The molecule has 0 radical (unpaired) electrons. The van der Waals surface area contributed by atoms with E-state index in [1.807, 2.05) is 0 Å². The van der Waals surface area contributed by atoms with Crippen LogP contribution in [0.25, 0.3) is 0 Å². The number of carbonyl (C=O) groups is 3. The van der Waals surface area contributed by atoms with Gasteiger partial charge in [0.05, 0.1) is 5.69 Å². The van der Waals surface area contributed by atoms with Crippen molar-refractivity contribution in [1.82, 2.24) is 4.90 Å². The number of hydrogen-bond donors (Lipinski definition) is 3. The number of aliphatic carboxylic acids is 2. The molecule has 0 saturated carbocycles. The maximum absolute atomic E-state index is 12.2. The molecule has 0 bridgehead atoms. The number of carbonyl (C=O) groups excluding carboxylic acids is 1.